The van der Waals surface area contributed by atoms with Gasteiger partial charge in [0.05, 0.1) is 11.9 Å². The van der Waals surface area contributed by atoms with Crippen LogP contribution in [0.4, 0.5) is 17.1 Å². The number of piperazine rings is 1. The molecule has 1 aliphatic heterocycles. The minimum Gasteiger partial charge on any atom is -0.384 e. The van der Waals surface area contributed by atoms with Crippen LogP contribution in [0.2, 0.25) is 0 Å². The van der Waals surface area contributed by atoms with Crippen LogP contribution in [0.15, 0.2) is 42.6 Å². The first-order chi connectivity index (χ1) is 13.2. The Kier molecular flexibility index (Phi) is 6.65. The molecule has 1 fully saturated rings. The van der Waals surface area contributed by atoms with Crippen molar-refractivity contribution in [3.8, 4) is 0 Å². The molecule has 3 rings (SSSR count). The van der Waals surface area contributed by atoms with Crippen LogP contribution in [-0.4, -0.2) is 55.6 Å². The van der Waals surface area contributed by atoms with Crippen LogP contribution in [0.25, 0.3) is 0 Å². The summed E-state index contributed by atoms with van der Waals surface area (Å²) in [4.78, 5) is 21.4. The Hall–Kier alpha value is -2.60. The highest BCUT2D eigenvalue weighted by Crippen LogP contribution is 2.19. The smallest absolute Gasteiger partial charge is 0.274 e. The van der Waals surface area contributed by atoms with Crippen molar-refractivity contribution in [2.45, 2.75) is 19.8 Å². The molecular formula is C21H29N5O. The molecule has 2 N–H and O–H groups in total. The fraction of sp³-hybridized carbons (Fsp3) is 0.429. The number of hydrogen-bond acceptors (Lipinski definition) is 5. The number of nitrogens with zero attached hydrogens (tertiary/aromatic N) is 3. The summed E-state index contributed by atoms with van der Waals surface area (Å²) >= 11 is 0. The van der Waals surface area contributed by atoms with Gasteiger partial charge in [0.2, 0.25) is 0 Å². The van der Waals surface area contributed by atoms with E-state index in [1.54, 1.807) is 12.3 Å². The predicted molar refractivity (Wildman–Crippen MR) is 112 cm³/mol. The first-order valence-corrected chi connectivity index (χ1v) is 9.70. The van der Waals surface area contributed by atoms with Crippen molar-refractivity contribution in [1.82, 2.24) is 9.88 Å². The summed E-state index contributed by atoms with van der Waals surface area (Å²) in [6, 6.07) is 11.7. The molecule has 0 radical (unpaired) electrons. The van der Waals surface area contributed by atoms with Crippen molar-refractivity contribution in [2.75, 3.05) is 55.3 Å². The highest BCUT2D eigenvalue weighted by Gasteiger charge is 2.14. The van der Waals surface area contributed by atoms with E-state index >= 15 is 0 Å². The van der Waals surface area contributed by atoms with E-state index in [0.29, 0.717) is 5.69 Å². The monoisotopic (exact) mass is 367 g/mol. The number of nitrogens with one attached hydrogen (secondary N) is 2. The zero-order chi connectivity index (χ0) is 19.1. The van der Waals surface area contributed by atoms with E-state index in [1.807, 2.05) is 18.2 Å². The lowest BCUT2D eigenvalue weighted by Crippen LogP contribution is -2.44. The van der Waals surface area contributed by atoms with Gasteiger partial charge in [-0.2, -0.15) is 0 Å². The van der Waals surface area contributed by atoms with Gasteiger partial charge in [-0.05, 0) is 49.9 Å². The van der Waals surface area contributed by atoms with Crippen molar-refractivity contribution in [3.05, 3.63) is 48.3 Å². The molecule has 0 spiro atoms. The second-order valence-corrected chi connectivity index (χ2v) is 7.00. The third-order valence-corrected chi connectivity index (χ3v) is 4.85. The maximum absolute atomic E-state index is 12.4. The van der Waals surface area contributed by atoms with E-state index in [4.69, 9.17) is 0 Å². The molecule has 0 bridgehead atoms. The van der Waals surface area contributed by atoms with Crippen LogP contribution >= 0.6 is 0 Å². The number of benzene rings is 1. The molecule has 0 atom stereocenters. The van der Waals surface area contributed by atoms with Crippen LogP contribution in [0, 0.1) is 0 Å². The van der Waals surface area contributed by atoms with Gasteiger partial charge in [0.1, 0.15) is 5.69 Å². The van der Waals surface area contributed by atoms with Crippen molar-refractivity contribution >= 4 is 23.0 Å². The molecule has 27 heavy (non-hydrogen) atoms. The van der Waals surface area contributed by atoms with Crippen LogP contribution in [0.3, 0.4) is 0 Å². The topological polar surface area (TPSA) is 60.5 Å². The summed E-state index contributed by atoms with van der Waals surface area (Å²) < 4.78 is 0. The summed E-state index contributed by atoms with van der Waals surface area (Å²) in [5.74, 6) is -0.192. The van der Waals surface area contributed by atoms with Crippen molar-refractivity contribution in [3.63, 3.8) is 0 Å². The Bertz CT molecular complexity index is 721. The first-order valence-electron chi connectivity index (χ1n) is 9.70. The normalized spacial score (nSPS) is 14.8. The number of hydrogen-bond donors (Lipinski definition) is 2. The molecule has 0 saturated carbocycles. The molecule has 1 amide bonds. The number of rotatable bonds is 7. The van der Waals surface area contributed by atoms with Gasteiger partial charge >= 0.3 is 0 Å². The number of anilines is 3. The lowest BCUT2D eigenvalue weighted by molar-refractivity contribution is 0.102. The van der Waals surface area contributed by atoms with Crippen molar-refractivity contribution < 1.29 is 4.79 Å². The number of likely N-dealkylation sites (N-methyl/N-ethyl adjacent to an activating group) is 1. The number of unbranched alkanes of at least 4 members (excludes halogenated alkanes) is 1. The zero-order valence-corrected chi connectivity index (χ0v) is 16.2. The minimum atomic E-state index is -0.192. The molecule has 1 aromatic carbocycles. The lowest BCUT2D eigenvalue weighted by Gasteiger charge is -2.34. The van der Waals surface area contributed by atoms with Gasteiger partial charge in [-0.1, -0.05) is 13.3 Å². The number of amides is 1. The molecule has 2 heterocycles. The van der Waals surface area contributed by atoms with Gasteiger partial charge in [-0.3, -0.25) is 4.79 Å². The zero-order valence-electron chi connectivity index (χ0n) is 16.2. The van der Waals surface area contributed by atoms with Crippen molar-refractivity contribution in [2.24, 2.45) is 0 Å². The van der Waals surface area contributed by atoms with E-state index in [9.17, 15) is 4.79 Å². The summed E-state index contributed by atoms with van der Waals surface area (Å²) in [7, 11) is 2.15. The number of carbonyl (C=O) groups excluding carboxylic acids is 1. The van der Waals surface area contributed by atoms with E-state index in [1.165, 1.54) is 5.69 Å². The lowest BCUT2D eigenvalue weighted by atomic mass is 10.2. The molecule has 6 heteroatoms. The molecule has 2 aromatic rings. The fourth-order valence-corrected chi connectivity index (χ4v) is 3.06. The predicted octanol–water partition coefficient (Wildman–Crippen LogP) is 3.30. The average Bonchev–Trinajstić information content (AvgIpc) is 2.70. The molecule has 0 unspecified atom stereocenters. The molecule has 1 aromatic heterocycles. The molecule has 1 aliphatic rings. The largest absolute Gasteiger partial charge is 0.384 e. The summed E-state index contributed by atoms with van der Waals surface area (Å²) in [6.45, 7) is 7.30. The summed E-state index contributed by atoms with van der Waals surface area (Å²) in [6.07, 6.45) is 3.97. The van der Waals surface area contributed by atoms with E-state index in [-0.39, 0.29) is 5.91 Å². The Morgan fingerprint density at radius 1 is 1.04 bits per heavy atom. The molecule has 1 saturated heterocycles. The maximum Gasteiger partial charge on any atom is 0.274 e. The summed E-state index contributed by atoms with van der Waals surface area (Å²) in [5, 5.41) is 6.22. The second-order valence-electron chi connectivity index (χ2n) is 7.00. The van der Waals surface area contributed by atoms with Gasteiger partial charge in [0.25, 0.3) is 5.91 Å². The third-order valence-electron chi connectivity index (χ3n) is 4.85. The maximum atomic E-state index is 12.4. The third kappa shape index (κ3) is 5.44. The van der Waals surface area contributed by atoms with Crippen LogP contribution in [0.5, 0.6) is 0 Å². The highest BCUT2D eigenvalue weighted by atomic mass is 16.1. The SMILES string of the molecule is CCCCNc1ccc(C(=O)Nc2ccc(N3CCN(C)CC3)cc2)nc1. The standard InChI is InChI=1S/C21H29N5O/c1-3-4-11-22-18-7-10-20(23-16-18)21(27)24-17-5-8-19(9-6-17)26-14-12-25(2)13-15-26/h5-10,16,22H,3-4,11-15H2,1-2H3,(H,24,27). The van der Waals surface area contributed by atoms with Crippen molar-refractivity contribution in [1.29, 1.82) is 0 Å². The van der Waals surface area contributed by atoms with Gasteiger partial charge in [-0.15, -0.1) is 0 Å². The van der Waals surface area contributed by atoms with Gasteiger partial charge in [0, 0.05) is 44.1 Å². The second kappa shape index (κ2) is 9.37. The van der Waals surface area contributed by atoms with Gasteiger partial charge < -0.3 is 20.4 Å². The van der Waals surface area contributed by atoms with Crippen LogP contribution in [-0.2, 0) is 0 Å². The van der Waals surface area contributed by atoms with Gasteiger partial charge in [0.15, 0.2) is 0 Å². The Labute approximate surface area is 161 Å². The Morgan fingerprint density at radius 3 is 2.37 bits per heavy atom. The molecular weight excluding hydrogens is 338 g/mol. The summed E-state index contributed by atoms with van der Waals surface area (Å²) in [5.41, 5.74) is 3.34. The number of pyridine rings is 1. The van der Waals surface area contributed by atoms with Gasteiger partial charge in [-0.25, -0.2) is 4.98 Å². The quantitative estimate of drug-likeness (QED) is 0.736. The van der Waals surface area contributed by atoms with E-state index < -0.39 is 0 Å². The van der Waals surface area contributed by atoms with E-state index in [0.717, 1.165) is 56.9 Å². The number of carbonyl (C=O) groups is 1. The Balaban J connectivity index is 1.54. The minimum absolute atomic E-state index is 0.192. The first kappa shape index (κ1) is 19.2. The number of aromatic nitrogens is 1. The molecule has 6 nitrogen and oxygen atoms in total. The fourth-order valence-electron chi connectivity index (χ4n) is 3.06. The average molecular weight is 367 g/mol. The van der Waals surface area contributed by atoms with Crippen LogP contribution < -0.4 is 15.5 Å². The highest BCUT2D eigenvalue weighted by molar-refractivity contribution is 6.03. The van der Waals surface area contributed by atoms with Crippen LogP contribution in [0.1, 0.15) is 30.3 Å². The molecule has 0 aliphatic carbocycles. The Morgan fingerprint density at radius 2 is 1.74 bits per heavy atom. The van der Waals surface area contributed by atoms with E-state index in [2.05, 4.69) is 51.5 Å². The molecule has 144 valence electrons.